The van der Waals surface area contributed by atoms with Crippen molar-refractivity contribution in [3.8, 4) is 0 Å². The normalized spacial score (nSPS) is 11.1. The maximum absolute atomic E-state index is 12.8. The van der Waals surface area contributed by atoms with Crippen LogP contribution >= 0.6 is 23.2 Å². The Morgan fingerprint density at radius 3 is 2.44 bits per heavy atom. The number of halogens is 2. The molecule has 2 aromatic carbocycles. The lowest BCUT2D eigenvalue weighted by atomic mass is 10.3. The predicted molar refractivity (Wildman–Crippen MR) is 91.7 cm³/mol. The number of nitro benzene ring substituents is 1. The number of benzene rings is 2. The Balaban J connectivity index is 2.64. The van der Waals surface area contributed by atoms with Crippen LogP contribution < -0.4 is 4.31 Å². The van der Waals surface area contributed by atoms with Crippen molar-refractivity contribution in [1.29, 1.82) is 0 Å². The molecule has 0 amide bonds. The van der Waals surface area contributed by atoms with Gasteiger partial charge in [-0.05, 0) is 18.2 Å². The van der Waals surface area contributed by atoms with Gasteiger partial charge in [-0.3, -0.25) is 19.2 Å². The van der Waals surface area contributed by atoms with Crippen molar-refractivity contribution in [1.82, 2.24) is 0 Å². The largest absolute Gasteiger partial charge is 0.480 e. The van der Waals surface area contributed by atoms with Gasteiger partial charge in [0.1, 0.15) is 6.54 Å². The molecule has 8 nitrogen and oxygen atoms in total. The highest BCUT2D eigenvalue weighted by atomic mass is 35.5. The minimum absolute atomic E-state index is 0.0313. The Morgan fingerprint density at radius 1 is 1.20 bits per heavy atom. The second-order valence-electron chi connectivity index (χ2n) is 4.73. The molecule has 2 aromatic rings. The van der Waals surface area contributed by atoms with E-state index in [2.05, 4.69) is 0 Å². The number of carboxylic acid groups (broad SMARTS) is 1. The fourth-order valence-corrected chi connectivity index (χ4v) is 3.91. The summed E-state index contributed by atoms with van der Waals surface area (Å²) in [6.45, 7) is -0.939. The highest BCUT2D eigenvalue weighted by Gasteiger charge is 2.30. The average Bonchev–Trinajstić information content (AvgIpc) is 2.55. The van der Waals surface area contributed by atoms with Crippen LogP contribution in [0.25, 0.3) is 0 Å². The van der Waals surface area contributed by atoms with Crippen molar-refractivity contribution in [2.24, 2.45) is 0 Å². The molecule has 0 aromatic heterocycles. The molecule has 11 heteroatoms. The van der Waals surface area contributed by atoms with Crippen LogP contribution in [0.3, 0.4) is 0 Å². The molecule has 0 atom stereocenters. The second kappa shape index (κ2) is 7.26. The first-order chi connectivity index (χ1) is 11.6. The van der Waals surface area contributed by atoms with E-state index < -0.39 is 38.0 Å². The number of hydrogen-bond acceptors (Lipinski definition) is 5. The minimum Gasteiger partial charge on any atom is -0.480 e. The summed E-state index contributed by atoms with van der Waals surface area (Å²) in [6.07, 6.45) is 0. The maximum Gasteiger partial charge on any atom is 0.324 e. The average molecular weight is 405 g/mol. The first kappa shape index (κ1) is 19.0. The zero-order valence-electron chi connectivity index (χ0n) is 12.3. The standard InChI is InChI=1S/C14H10Cl2N2O6S/c15-11-5-2-6-12(14(11)16)17(8-13(19)20)25(23,24)10-4-1-3-9(7-10)18(21)22/h1-7H,8H2,(H,19,20). The van der Waals surface area contributed by atoms with Gasteiger partial charge < -0.3 is 5.11 Å². The summed E-state index contributed by atoms with van der Waals surface area (Å²) in [6, 6.07) is 8.36. The van der Waals surface area contributed by atoms with Crippen LogP contribution in [0.4, 0.5) is 11.4 Å². The maximum atomic E-state index is 12.8. The van der Waals surface area contributed by atoms with Crippen molar-refractivity contribution >= 4 is 50.6 Å². The highest BCUT2D eigenvalue weighted by molar-refractivity contribution is 7.92. The lowest BCUT2D eigenvalue weighted by Crippen LogP contribution is -2.36. The molecule has 25 heavy (non-hydrogen) atoms. The smallest absolute Gasteiger partial charge is 0.324 e. The van der Waals surface area contributed by atoms with Crippen LogP contribution in [0, 0.1) is 10.1 Å². The van der Waals surface area contributed by atoms with Gasteiger partial charge in [-0.15, -0.1) is 0 Å². The molecule has 132 valence electrons. The zero-order chi connectivity index (χ0) is 18.8. The lowest BCUT2D eigenvalue weighted by Gasteiger charge is -2.24. The van der Waals surface area contributed by atoms with Crippen molar-refractivity contribution < 1.29 is 23.2 Å². The van der Waals surface area contributed by atoms with Crippen molar-refractivity contribution in [3.63, 3.8) is 0 Å². The zero-order valence-corrected chi connectivity index (χ0v) is 14.6. The van der Waals surface area contributed by atoms with Crippen LogP contribution in [0.1, 0.15) is 0 Å². The van der Waals surface area contributed by atoms with E-state index in [0.717, 1.165) is 18.2 Å². The van der Waals surface area contributed by atoms with Crippen LogP contribution in [0.15, 0.2) is 47.4 Å². The molecule has 0 spiro atoms. The highest BCUT2D eigenvalue weighted by Crippen LogP contribution is 2.35. The minimum atomic E-state index is -4.44. The molecule has 2 rings (SSSR count). The first-order valence-electron chi connectivity index (χ1n) is 6.57. The van der Waals surface area contributed by atoms with Crippen LogP contribution in [-0.2, 0) is 14.8 Å². The number of nitro groups is 1. The third kappa shape index (κ3) is 4.01. The molecule has 0 saturated carbocycles. The topological polar surface area (TPSA) is 118 Å². The van der Waals surface area contributed by atoms with E-state index in [1.807, 2.05) is 0 Å². The number of hydrogen-bond donors (Lipinski definition) is 1. The Bertz CT molecular complexity index is 948. The summed E-state index contributed by atoms with van der Waals surface area (Å²) in [4.78, 5) is 20.8. The summed E-state index contributed by atoms with van der Waals surface area (Å²) in [5.41, 5.74) is -0.600. The van der Waals surface area contributed by atoms with Gasteiger partial charge in [0.25, 0.3) is 15.7 Å². The third-order valence-corrected chi connectivity index (χ3v) is 5.66. The number of non-ortho nitro benzene ring substituents is 1. The number of rotatable bonds is 6. The van der Waals surface area contributed by atoms with E-state index >= 15 is 0 Å². The summed E-state index contributed by atoms with van der Waals surface area (Å²) >= 11 is 11.9. The molecule has 0 fully saturated rings. The quantitative estimate of drug-likeness (QED) is 0.583. The Labute approximate surface area is 152 Å². The molecule has 0 radical (unpaired) electrons. The van der Waals surface area contributed by atoms with Crippen molar-refractivity contribution in [2.75, 3.05) is 10.8 Å². The summed E-state index contributed by atoms with van der Waals surface area (Å²) in [7, 11) is -4.44. The number of aliphatic carboxylic acids is 1. The molecule has 0 aliphatic heterocycles. The van der Waals surface area contributed by atoms with Gasteiger partial charge >= 0.3 is 5.97 Å². The molecule has 0 aliphatic carbocycles. The fraction of sp³-hybridized carbons (Fsp3) is 0.0714. The molecule has 0 unspecified atom stereocenters. The van der Waals surface area contributed by atoms with E-state index in [4.69, 9.17) is 28.3 Å². The first-order valence-corrected chi connectivity index (χ1v) is 8.77. The second-order valence-corrected chi connectivity index (χ2v) is 7.38. The Morgan fingerprint density at radius 2 is 1.84 bits per heavy atom. The van der Waals surface area contributed by atoms with Gasteiger partial charge in [0.15, 0.2) is 0 Å². The molecule has 0 bridgehead atoms. The molecule has 0 saturated heterocycles. The van der Waals surface area contributed by atoms with Crippen molar-refractivity contribution in [3.05, 3.63) is 62.6 Å². The fourth-order valence-electron chi connectivity index (χ4n) is 1.99. The van der Waals surface area contributed by atoms with E-state index in [9.17, 15) is 23.3 Å². The number of nitrogens with zero attached hydrogens (tertiary/aromatic N) is 2. The number of carboxylic acids is 1. The van der Waals surface area contributed by atoms with E-state index in [-0.39, 0.29) is 15.7 Å². The number of sulfonamides is 1. The van der Waals surface area contributed by atoms with Gasteiger partial charge in [-0.1, -0.05) is 35.3 Å². The van der Waals surface area contributed by atoms with E-state index in [1.165, 1.54) is 24.3 Å². The summed E-state index contributed by atoms with van der Waals surface area (Å²) in [5.74, 6) is -1.44. The van der Waals surface area contributed by atoms with Crippen LogP contribution in [-0.4, -0.2) is 31.0 Å². The molecule has 0 heterocycles. The van der Waals surface area contributed by atoms with Gasteiger partial charge in [0.05, 0.1) is 25.6 Å². The van der Waals surface area contributed by atoms with Crippen LogP contribution in [0.2, 0.25) is 10.0 Å². The van der Waals surface area contributed by atoms with Gasteiger partial charge in [0, 0.05) is 12.1 Å². The number of anilines is 1. The molecular formula is C14H10Cl2N2O6S. The number of carbonyl (C=O) groups is 1. The van der Waals surface area contributed by atoms with Gasteiger partial charge in [0.2, 0.25) is 0 Å². The van der Waals surface area contributed by atoms with Crippen molar-refractivity contribution in [2.45, 2.75) is 4.90 Å². The predicted octanol–water partition coefficient (Wildman–Crippen LogP) is 3.18. The SMILES string of the molecule is O=C(O)CN(c1cccc(Cl)c1Cl)S(=O)(=O)c1cccc([N+](=O)[O-])c1. The molecule has 0 aliphatic rings. The van der Waals surface area contributed by atoms with E-state index in [1.54, 1.807) is 0 Å². The van der Waals surface area contributed by atoms with Crippen LogP contribution in [0.5, 0.6) is 0 Å². The third-order valence-electron chi connectivity index (χ3n) is 3.10. The van der Waals surface area contributed by atoms with E-state index in [0.29, 0.717) is 4.31 Å². The molecular weight excluding hydrogens is 395 g/mol. The summed E-state index contributed by atoms with van der Waals surface area (Å²) < 4.78 is 26.2. The Hall–Kier alpha value is -2.36. The lowest BCUT2D eigenvalue weighted by molar-refractivity contribution is -0.385. The van der Waals surface area contributed by atoms with Gasteiger partial charge in [-0.2, -0.15) is 0 Å². The molecule has 1 N–H and O–H groups in total. The Kier molecular flexibility index (Phi) is 5.51. The van der Waals surface area contributed by atoms with Gasteiger partial charge in [-0.25, -0.2) is 8.42 Å². The monoisotopic (exact) mass is 404 g/mol. The summed E-state index contributed by atoms with van der Waals surface area (Å²) in [5, 5.41) is 19.8.